The van der Waals surface area contributed by atoms with Crippen LogP contribution in [0.25, 0.3) is 0 Å². The summed E-state index contributed by atoms with van der Waals surface area (Å²) < 4.78 is 0. The highest BCUT2D eigenvalue weighted by molar-refractivity contribution is 5.75. The van der Waals surface area contributed by atoms with Crippen LogP contribution >= 0.6 is 0 Å². The van der Waals surface area contributed by atoms with Gasteiger partial charge in [0.1, 0.15) is 5.75 Å². The van der Waals surface area contributed by atoms with Crippen LogP contribution in [0.5, 0.6) is 5.75 Å². The first-order valence-electron chi connectivity index (χ1n) is 25.4. The van der Waals surface area contributed by atoms with Crippen LogP contribution in [-0.2, 0) is 32.0 Å². The minimum Gasteiger partial charge on any atom is -0.508 e. The summed E-state index contributed by atoms with van der Waals surface area (Å²) in [6, 6.07) is 18.0. The van der Waals surface area contributed by atoms with Crippen molar-refractivity contribution in [2.75, 3.05) is 13.1 Å². The van der Waals surface area contributed by atoms with Crippen LogP contribution in [0.4, 0.5) is 0 Å². The number of guanidine groups is 1. The average Bonchev–Trinajstić information content (AvgIpc) is 3.19. The van der Waals surface area contributed by atoms with Crippen LogP contribution < -0.4 is 28.7 Å². The number of hydrogen-bond acceptors (Lipinski definition) is 7. The van der Waals surface area contributed by atoms with Gasteiger partial charge in [0.2, 0.25) is 11.8 Å². The van der Waals surface area contributed by atoms with Gasteiger partial charge in [-0.2, -0.15) is 0 Å². The Morgan fingerprint density at radius 2 is 0.870 bits per heavy atom. The largest absolute Gasteiger partial charge is 0.508 e. The number of carboxylic acid groups (broad SMARTS) is 2. The smallest absolute Gasteiger partial charge is 0.303 e. The second kappa shape index (κ2) is 52.7. The molecule has 0 heterocycles. The number of unbranched alkanes of at least 4 members (excludes halogenated alkanes) is 1. The van der Waals surface area contributed by atoms with Gasteiger partial charge >= 0.3 is 11.9 Å². The van der Waals surface area contributed by atoms with E-state index < -0.39 is 11.9 Å². The van der Waals surface area contributed by atoms with Crippen molar-refractivity contribution in [1.82, 2.24) is 0 Å². The second-order valence-electron chi connectivity index (χ2n) is 20.7. The van der Waals surface area contributed by atoms with Crippen molar-refractivity contribution in [2.45, 2.75) is 194 Å². The van der Waals surface area contributed by atoms with Crippen LogP contribution in [0.3, 0.4) is 0 Å². The molecule has 13 N–H and O–H groups in total. The molecule has 2 rings (SSSR count). The van der Waals surface area contributed by atoms with Gasteiger partial charge in [0, 0.05) is 32.2 Å². The van der Waals surface area contributed by atoms with Gasteiger partial charge in [-0.1, -0.05) is 166 Å². The highest BCUT2D eigenvalue weighted by atomic mass is 16.4. The van der Waals surface area contributed by atoms with Crippen molar-refractivity contribution in [3.8, 4) is 5.75 Å². The molecule has 0 fully saturated rings. The van der Waals surface area contributed by atoms with Crippen LogP contribution in [0.15, 0.2) is 59.6 Å². The van der Waals surface area contributed by atoms with Crippen LogP contribution in [0.2, 0.25) is 0 Å². The number of carboxylic acids is 2. The van der Waals surface area contributed by atoms with Crippen molar-refractivity contribution in [2.24, 2.45) is 81.0 Å². The van der Waals surface area contributed by atoms with Crippen molar-refractivity contribution >= 4 is 29.7 Å². The number of phenolic OH excluding ortho intramolecular Hbond substituents is 1. The Kier molecular flexibility index (Phi) is 58.0. The predicted molar refractivity (Wildman–Crippen MR) is 295 cm³/mol. The van der Waals surface area contributed by atoms with Gasteiger partial charge in [-0.25, -0.2) is 0 Å². The number of hydrogen-bond donors (Lipinski definition) is 8. The maximum Gasteiger partial charge on any atom is 0.303 e. The molecule has 13 heteroatoms. The zero-order chi connectivity index (χ0) is 54.9. The van der Waals surface area contributed by atoms with E-state index in [-0.39, 0.29) is 30.1 Å². The number of carbonyl (C=O) groups is 4. The van der Waals surface area contributed by atoms with Crippen molar-refractivity contribution in [3.63, 3.8) is 0 Å². The monoisotopic (exact) mass is 977 g/mol. The Morgan fingerprint density at radius 3 is 1.13 bits per heavy atom. The quantitative estimate of drug-likeness (QED) is 0.0314. The summed E-state index contributed by atoms with van der Waals surface area (Å²) in [6.45, 7) is 35.2. The summed E-state index contributed by atoms with van der Waals surface area (Å²) >= 11 is 0. The number of amides is 2. The first-order valence-corrected chi connectivity index (χ1v) is 25.4. The Bertz CT molecular complexity index is 1430. The number of carbonyl (C=O) groups excluding carboxylic acids is 2. The van der Waals surface area contributed by atoms with Crippen LogP contribution in [-0.4, -0.2) is 58.1 Å². The van der Waals surface area contributed by atoms with E-state index in [1.807, 2.05) is 53.7 Å². The molecular formula is C56H108N6O7. The van der Waals surface area contributed by atoms with E-state index >= 15 is 0 Å². The van der Waals surface area contributed by atoms with E-state index in [0.717, 1.165) is 56.5 Å². The molecule has 0 aliphatic heterocycles. The summed E-state index contributed by atoms with van der Waals surface area (Å²) in [7, 11) is 0. The third-order valence-electron chi connectivity index (χ3n) is 8.63. The van der Waals surface area contributed by atoms with Gasteiger partial charge < -0.3 is 44.0 Å². The number of nitrogens with zero attached hydrogens (tertiary/aromatic N) is 1. The minimum atomic E-state index is -0.713. The van der Waals surface area contributed by atoms with E-state index in [1.54, 1.807) is 12.1 Å². The lowest BCUT2D eigenvalue weighted by Gasteiger charge is -2.03. The van der Waals surface area contributed by atoms with Crippen molar-refractivity contribution in [1.29, 1.82) is 0 Å². The summed E-state index contributed by atoms with van der Waals surface area (Å²) in [4.78, 5) is 43.7. The van der Waals surface area contributed by atoms with Crippen LogP contribution in [0.1, 0.15) is 193 Å². The molecule has 0 spiro atoms. The third-order valence-corrected chi connectivity index (χ3v) is 8.63. The molecule has 0 bridgehead atoms. The summed E-state index contributed by atoms with van der Waals surface area (Å²) in [5, 5.41) is 25.2. The molecule has 0 unspecified atom stereocenters. The minimum absolute atomic E-state index is 0.196. The summed E-state index contributed by atoms with van der Waals surface area (Å²) in [5.41, 5.74) is 28.1. The summed E-state index contributed by atoms with van der Waals surface area (Å²) in [6.07, 6.45) is 11.7. The molecule has 0 saturated carbocycles. The molecule has 0 aliphatic carbocycles. The molecule has 2 aromatic rings. The molecule has 13 nitrogen and oxygen atoms in total. The van der Waals surface area contributed by atoms with E-state index in [1.165, 1.54) is 43.2 Å². The van der Waals surface area contributed by atoms with Crippen LogP contribution in [0, 0.1) is 47.3 Å². The maximum absolute atomic E-state index is 10.1. The number of rotatable bonds is 22. The fourth-order valence-electron chi connectivity index (χ4n) is 5.19. The molecular weight excluding hydrogens is 869 g/mol. The number of benzene rings is 2. The zero-order valence-electron chi connectivity index (χ0n) is 46.7. The number of aliphatic carboxylic acids is 2. The molecule has 0 aromatic heterocycles. The maximum atomic E-state index is 10.1. The average molecular weight is 978 g/mol. The zero-order valence-corrected chi connectivity index (χ0v) is 46.7. The van der Waals surface area contributed by atoms with Crippen molar-refractivity contribution in [3.05, 3.63) is 65.7 Å². The highest BCUT2D eigenvalue weighted by Crippen LogP contribution is 2.13. The molecule has 0 atom stereocenters. The van der Waals surface area contributed by atoms with E-state index in [2.05, 4.69) is 105 Å². The van der Waals surface area contributed by atoms with Gasteiger partial charge in [0.25, 0.3) is 0 Å². The lowest BCUT2D eigenvalue weighted by atomic mass is 10.0. The number of phenols is 1. The summed E-state index contributed by atoms with van der Waals surface area (Å²) in [5.74, 6) is 3.53. The number of primary amides is 2. The van der Waals surface area contributed by atoms with E-state index in [9.17, 15) is 19.2 Å². The Hall–Kier alpha value is -4.65. The van der Waals surface area contributed by atoms with Gasteiger partial charge in [0.15, 0.2) is 5.96 Å². The molecule has 2 amide bonds. The number of aromatic hydroxyl groups is 1. The lowest BCUT2D eigenvalue weighted by molar-refractivity contribution is -0.138. The van der Waals surface area contributed by atoms with E-state index in [0.29, 0.717) is 48.7 Å². The first-order chi connectivity index (χ1) is 31.9. The fraction of sp³-hybridized carbons (Fsp3) is 0.696. The van der Waals surface area contributed by atoms with Gasteiger partial charge in [-0.05, 0) is 122 Å². The van der Waals surface area contributed by atoms with Gasteiger partial charge in [-0.15, -0.1) is 0 Å². The number of aliphatic imine (C=N–C) groups is 1. The SMILES string of the molecule is CC(C)CC(=O)O.CC(C)CC(N)=O.CC(C)CCC(=O)O.CC(C)CCC(N)=O.CC(C)CCCCN.CC(C)CCCN=C(N)N.CC(C)Cc1ccc(O)cc1.CC(C)Cc1ccccc1. The Labute approximate surface area is 422 Å². The molecule has 0 aliphatic rings. The lowest BCUT2D eigenvalue weighted by Crippen LogP contribution is -2.22. The second-order valence-corrected chi connectivity index (χ2v) is 20.7. The molecule has 2 aromatic carbocycles. The molecule has 69 heavy (non-hydrogen) atoms. The Balaban J connectivity index is -0.000000165. The number of nitrogens with two attached hydrogens (primary N) is 5. The first kappa shape index (κ1) is 75.9. The topological polar surface area (TPSA) is 271 Å². The fourth-order valence-corrected chi connectivity index (χ4v) is 5.19. The normalized spacial score (nSPS) is 10.0. The molecule has 0 saturated heterocycles. The van der Waals surface area contributed by atoms with Gasteiger partial charge in [0.05, 0.1) is 0 Å². The standard InChI is InChI=1S/C10H14O.C10H14.C7H17N3.C7H17N.C6H13NO.C6H12O2.C5H11NO.C5H10O2/c1-8(2)7-9-3-5-10(11)6-4-9;1-9(2)8-10-6-4-3-5-7-10;1-6(2)4-3-5-10-7(8)9;1-7(2)5-3-4-6-8;2*1-5(2)3-4-6(7)8;2*1-4(2)3-5(6)7/h3-6,8,11H,7H2,1-2H3;3-7,9H,8H2,1-2H3;6H,3-5H2,1-2H3,(H4,8,9,10);7H,3-6,8H2,1-2H3;5H,3-4H2,1-2H3,(H2,7,8);5H,3-4H2,1-2H3,(H,7,8);4H,3H2,1-2H3,(H2,6,7);4H,3H2,1-2H3,(H,6,7). The predicted octanol–water partition coefficient (Wildman–Crippen LogP) is 12.0. The van der Waals surface area contributed by atoms with E-state index in [4.69, 9.17) is 44.0 Å². The molecule has 404 valence electrons. The molecule has 0 radical (unpaired) electrons. The van der Waals surface area contributed by atoms with Gasteiger partial charge in [-0.3, -0.25) is 24.2 Å². The highest BCUT2D eigenvalue weighted by Gasteiger charge is 2.01. The third kappa shape index (κ3) is 90.4. The van der Waals surface area contributed by atoms with Crippen molar-refractivity contribution < 1.29 is 34.5 Å². The Morgan fingerprint density at radius 1 is 0.464 bits per heavy atom.